The number of carbonyl (C=O) groups is 1. The van der Waals surface area contributed by atoms with Gasteiger partial charge < -0.3 is 14.6 Å². The topological polar surface area (TPSA) is 90.1 Å². The highest BCUT2D eigenvalue weighted by Gasteiger charge is 2.35. The van der Waals surface area contributed by atoms with Crippen molar-refractivity contribution in [3.8, 4) is 11.5 Å². The van der Waals surface area contributed by atoms with Gasteiger partial charge in [-0.25, -0.2) is 9.79 Å². The van der Waals surface area contributed by atoms with E-state index in [1.54, 1.807) is 45.0 Å². The molecule has 0 bridgehead atoms. The summed E-state index contributed by atoms with van der Waals surface area (Å²) in [6.07, 6.45) is 1.19. The molecule has 1 aliphatic heterocycles. The third kappa shape index (κ3) is 5.04. The number of aromatic hydroxyl groups is 1. The van der Waals surface area contributed by atoms with E-state index >= 15 is 0 Å². The zero-order chi connectivity index (χ0) is 26.3. The number of aromatic nitrogens is 1. The lowest BCUT2D eigenvalue weighted by Gasteiger charge is -2.26. The smallest absolute Gasteiger partial charge is 0.338 e. The van der Waals surface area contributed by atoms with Crippen molar-refractivity contribution in [3.05, 3.63) is 86.4 Å². The van der Waals surface area contributed by atoms with Gasteiger partial charge in [0, 0.05) is 20.1 Å². The summed E-state index contributed by atoms with van der Waals surface area (Å²) in [6.45, 7) is 5.23. The van der Waals surface area contributed by atoms with E-state index < -0.39 is 12.0 Å². The number of carbonyl (C=O) groups excluding carboxylic acids is 1. The van der Waals surface area contributed by atoms with Crippen LogP contribution in [0.3, 0.4) is 0 Å². The Morgan fingerprint density at radius 1 is 1.25 bits per heavy atom. The summed E-state index contributed by atoms with van der Waals surface area (Å²) >= 11 is 14.1. The summed E-state index contributed by atoms with van der Waals surface area (Å²) in [5.41, 5.74) is 1.26. The van der Waals surface area contributed by atoms with Crippen LogP contribution in [0.5, 0.6) is 11.5 Å². The quantitative estimate of drug-likeness (QED) is 0.387. The van der Waals surface area contributed by atoms with Crippen molar-refractivity contribution in [2.24, 2.45) is 4.99 Å². The third-order valence-electron chi connectivity index (χ3n) is 5.41. The normalized spacial score (nSPS) is 15.7. The van der Waals surface area contributed by atoms with Crippen molar-refractivity contribution in [2.75, 3.05) is 7.11 Å². The first-order chi connectivity index (χ1) is 17.0. The van der Waals surface area contributed by atoms with Crippen LogP contribution in [0.15, 0.2) is 60.3 Å². The Morgan fingerprint density at radius 3 is 2.64 bits per heavy atom. The number of hydrogen-bond acceptors (Lipinski definition) is 7. The number of nitrogens with zero attached hydrogens (tertiary/aromatic N) is 2. The van der Waals surface area contributed by atoms with Gasteiger partial charge in [-0.15, -0.1) is 0 Å². The fourth-order valence-corrected chi connectivity index (χ4v) is 6.16. The molecule has 36 heavy (non-hydrogen) atoms. The SMILES string of the molecule is COc1ccc(Br)cc1[C@H]1C(C(=O)OC(C)C)=C(C)N=c2s/c(=C\c3cc(Br)cc(Cl)c3O)c(=O)n21. The van der Waals surface area contributed by atoms with Gasteiger partial charge in [-0.1, -0.05) is 54.8 Å². The summed E-state index contributed by atoms with van der Waals surface area (Å²) < 4.78 is 14.3. The number of halogens is 3. The molecule has 0 saturated heterocycles. The number of phenols is 1. The molecule has 0 spiro atoms. The van der Waals surface area contributed by atoms with Gasteiger partial charge in [0.05, 0.1) is 34.0 Å². The zero-order valence-electron chi connectivity index (χ0n) is 19.6. The van der Waals surface area contributed by atoms with E-state index in [1.807, 2.05) is 12.1 Å². The lowest BCUT2D eigenvalue weighted by Crippen LogP contribution is -2.40. The van der Waals surface area contributed by atoms with Gasteiger partial charge in [0.1, 0.15) is 17.5 Å². The summed E-state index contributed by atoms with van der Waals surface area (Å²) in [7, 11) is 1.53. The molecule has 2 heterocycles. The molecule has 0 saturated carbocycles. The van der Waals surface area contributed by atoms with Gasteiger partial charge in [0.2, 0.25) is 0 Å². The highest BCUT2D eigenvalue weighted by atomic mass is 79.9. The summed E-state index contributed by atoms with van der Waals surface area (Å²) in [5, 5.41) is 10.6. The van der Waals surface area contributed by atoms with Crippen LogP contribution in [0, 0.1) is 0 Å². The van der Waals surface area contributed by atoms with Crippen LogP contribution in [0.1, 0.15) is 37.9 Å². The number of allylic oxidation sites excluding steroid dienone is 1. The molecule has 4 rings (SSSR count). The lowest BCUT2D eigenvalue weighted by molar-refractivity contribution is -0.143. The maximum Gasteiger partial charge on any atom is 0.338 e. The molecule has 1 atom stereocenters. The van der Waals surface area contributed by atoms with Crippen molar-refractivity contribution in [1.82, 2.24) is 4.57 Å². The number of rotatable bonds is 5. The highest BCUT2D eigenvalue weighted by Crippen LogP contribution is 2.37. The van der Waals surface area contributed by atoms with E-state index in [-0.39, 0.29) is 28.0 Å². The number of methoxy groups -OCH3 is 1. The summed E-state index contributed by atoms with van der Waals surface area (Å²) in [4.78, 5) is 32.0. The molecule has 0 radical (unpaired) electrons. The predicted molar refractivity (Wildman–Crippen MR) is 147 cm³/mol. The fraction of sp³-hybridized carbons (Fsp3) is 0.240. The van der Waals surface area contributed by atoms with E-state index in [1.165, 1.54) is 11.7 Å². The Bertz CT molecular complexity index is 1590. The van der Waals surface area contributed by atoms with Crippen LogP contribution in [-0.4, -0.2) is 28.9 Å². The van der Waals surface area contributed by atoms with Crippen molar-refractivity contribution in [2.45, 2.75) is 32.9 Å². The first-order valence-corrected chi connectivity index (χ1v) is 13.5. The Kier molecular flexibility index (Phi) is 7.80. The number of ether oxygens (including phenoxy) is 2. The van der Waals surface area contributed by atoms with Crippen LogP contribution < -0.4 is 19.6 Å². The summed E-state index contributed by atoms with van der Waals surface area (Å²) in [5.74, 6) is -0.212. The average Bonchev–Trinajstić information content (AvgIpc) is 3.10. The van der Waals surface area contributed by atoms with Gasteiger partial charge in [0.25, 0.3) is 5.56 Å². The van der Waals surface area contributed by atoms with Gasteiger partial charge in [-0.3, -0.25) is 9.36 Å². The maximum atomic E-state index is 13.8. The molecule has 1 aromatic heterocycles. The first kappa shape index (κ1) is 26.7. The molecule has 188 valence electrons. The van der Waals surface area contributed by atoms with Crippen molar-refractivity contribution >= 4 is 66.8 Å². The Balaban J connectivity index is 2.03. The molecule has 0 fully saturated rings. The van der Waals surface area contributed by atoms with Gasteiger partial charge in [0.15, 0.2) is 4.80 Å². The Labute approximate surface area is 232 Å². The van der Waals surface area contributed by atoms with Crippen molar-refractivity contribution in [3.63, 3.8) is 0 Å². The number of esters is 1. The molecule has 1 N–H and O–H groups in total. The highest BCUT2D eigenvalue weighted by molar-refractivity contribution is 9.10. The Morgan fingerprint density at radius 2 is 1.97 bits per heavy atom. The molecule has 11 heteroatoms. The number of hydrogen-bond donors (Lipinski definition) is 1. The molecule has 0 aliphatic carbocycles. The van der Waals surface area contributed by atoms with E-state index in [0.29, 0.717) is 36.4 Å². The minimum absolute atomic E-state index is 0.145. The second-order valence-electron chi connectivity index (χ2n) is 8.25. The first-order valence-electron chi connectivity index (χ1n) is 10.8. The number of phenolic OH excluding ortho intramolecular Hbond substituents is 1. The zero-order valence-corrected chi connectivity index (χ0v) is 24.4. The molecule has 1 aliphatic rings. The molecule has 0 amide bonds. The van der Waals surface area contributed by atoms with E-state index in [2.05, 4.69) is 36.9 Å². The third-order valence-corrected chi connectivity index (χ3v) is 7.64. The molecule has 7 nitrogen and oxygen atoms in total. The second kappa shape index (κ2) is 10.5. The van der Waals surface area contributed by atoms with Crippen LogP contribution >= 0.6 is 54.8 Å². The van der Waals surface area contributed by atoms with Crippen LogP contribution in [0.2, 0.25) is 5.02 Å². The van der Waals surface area contributed by atoms with Gasteiger partial charge in [-0.2, -0.15) is 0 Å². The minimum atomic E-state index is -0.846. The monoisotopic (exact) mass is 654 g/mol. The molecule has 2 aromatic carbocycles. The van der Waals surface area contributed by atoms with E-state index in [9.17, 15) is 14.7 Å². The lowest BCUT2D eigenvalue weighted by atomic mass is 9.95. The largest absolute Gasteiger partial charge is 0.506 e. The van der Waals surface area contributed by atoms with Crippen LogP contribution in [-0.2, 0) is 9.53 Å². The second-order valence-corrected chi connectivity index (χ2v) is 11.5. The van der Waals surface area contributed by atoms with Crippen LogP contribution in [0.25, 0.3) is 6.08 Å². The maximum absolute atomic E-state index is 13.8. The predicted octanol–water partition coefficient (Wildman–Crippen LogP) is 5.08. The van der Waals surface area contributed by atoms with Crippen LogP contribution in [0.4, 0.5) is 0 Å². The van der Waals surface area contributed by atoms with E-state index in [0.717, 1.165) is 15.8 Å². The molecule has 3 aromatic rings. The molecular weight excluding hydrogens is 636 g/mol. The van der Waals surface area contributed by atoms with Crippen molar-refractivity contribution in [1.29, 1.82) is 0 Å². The standard InChI is InChI=1S/C25H21Br2ClN2O5S/c1-11(2)35-24(33)20-12(3)29-25-30(21(20)16-9-14(26)5-6-18(16)34-4)23(32)19(36-25)8-13-7-15(27)10-17(28)22(13)31/h5-11,21,31H,1-4H3/b19-8-/t21-/m0/s1. The van der Waals surface area contributed by atoms with Gasteiger partial charge >= 0.3 is 5.97 Å². The number of benzene rings is 2. The molecule has 0 unspecified atom stereocenters. The summed E-state index contributed by atoms with van der Waals surface area (Å²) in [6, 6.07) is 7.76. The fourth-order valence-electron chi connectivity index (χ4n) is 3.91. The number of fused-ring (bicyclic) bond motifs is 1. The minimum Gasteiger partial charge on any atom is -0.506 e. The number of thiazole rings is 1. The van der Waals surface area contributed by atoms with Crippen molar-refractivity contribution < 1.29 is 19.4 Å². The Hall–Kier alpha value is -2.40. The van der Waals surface area contributed by atoms with E-state index in [4.69, 9.17) is 21.1 Å². The van der Waals surface area contributed by atoms with Gasteiger partial charge in [-0.05, 0) is 57.2 Å². The molecular formula is C25H21Br2ClN2O5S. The average molecular weight is 657 g/mol.